The Labute approximate surface area is 99.7 Å². The van der Waals surface area contributed by atoms with Gasteiger partial charge in [-0.1, -0.05) is 46.5 Å². The van der Waals surface area contributed by atoms with E-state index >= 15 is 0 Å². The van der Waals surface area contributed by atoms with Crippen molar-refractivity contribution in [2.75, 3.05) is 0 Å². The molecule has 0 aromatic carbocycles. The van der Waals surface area contributed by atoms with Gasteiger partial charge >= 0.3 is 0 Å². The first-order valence-corrected chi connectivity index (χ1v) is 6.47. The van der Waals surface area contributed by atoms with Gasteiger partial charge in [0.2, 0.25) is 5.91 Å². The van der Waals surface area contributed by atoms with Gasteiger partial charge < -0.3 is 0 Å². The monoisotopic (exact) mass is 226 g/mol. The van der Waals surface area contributed by atoms with E-state index in [4.69, 9.17) is 0 Å². The fourth-order valence-electron chi connectivity index (χ4n) is 1.33. The molecular formula is C13H26N2O. The Morgan fingerprint density at radius 1 is 1.25 bits per heavy atom. The summed E-state index contributed by atoms with van der Waals surface area (Å²) in [5, 5.41) is 3.90. The van der Waals surface area contributed by atoms with Crippen molar-refractivity contribution >= 4 is 12.1 Å². The van der Waals surface area contributed by atoms with E-state index in [-0.39, 0.29) is 5.91 Å². The zero-order valence-corrected chi connectivity index (χ0v) is 11.0. The van der Waals surface area contributed by atoms with Gasteiger partial charge in [-0.25, -0.2) is 5.43 Å². The molecule has 0 fully saturated rings. The lowest BCUT2D eigenvalue weighted by Crippen LogP contribution is -2.16. The smallest absolute Gasteiger partial charge is 0.240 e. The van der Waals surface area contributed by atoms with E-state index in [1.807, 2.05) is 0 Å². The third kappa shape index (κ3) is 11.2. The van der Waals surface area contributed by atoms with E-state index in [0.717, 1.165) is 19.3 Å². The standard InChI is InChI=1S/C13H26N2O/c1-4-5-6-7-8-9-13(16)15-14-11-10-12(2)3/h11-12H,4-10H2,1-3H3,(H,15,16). The molecule has 0 heterocycles. The number of rotatable bonds is 9. The Hall–Kier alpha value is -0.860. The summed E-state index contributed by atoms with van der Waals surface area (Å²) >= 11 is 0. The summed E-state index contributed by atoms with van der Waals surface area (Å²) in [6.07, 6.45) is 9.17. The van der Waals surface area contributed by atoms with Crippen molar-refractivity contribution in [1.82, 2.24) is 5.43 Å². The predicted molar refractivity (Wildman–Crippen MR) is 69.5 cm³/mol. The van der Waals surface area contributed by atoms with Gasteiger partial charge in [-0.15, -0.1) is 0 Å². The highest BCUT2D eigenvalue weighted by Crippen LogP contribution is 2.04. The van der Waals surface area contributed by atoms with Crippen LogP contribution in [0.3, 0.4) is 0 Å². The first kappa shape index (κ1) is 15.1. The van der Waals surface area contributed by atoms with Crippen LogP contribution in [-0.4, -0.2) is 12.1 Å². The summed E-state index contributed by atoms with van der Waals surface area (Å²) < 4.78 is 0. The second-order valence-electron chi connectivity index (χ2n) is 4.64. The molecule has 0 aliphatic rings. The van der Waals surface area contributed by atoms with Gasteiger partial charge in [0.15, 0.2) is 0 Å². The minimum absolute atomic E-state index is 0.0384. The average molecular weight is 226 g/mol. The second kappa shape index (κ2) is 10.7. The Balaban J connectivity index is 3.34. The lowest BCUT2D eigenvalue weighted by molar-refractivity contribution is -0.121. The number of hydrogen-bond donors (Lipinski definition) is 1. The maximum atomic E-state index is 11.3. The Morgan fingerprint density at radius 3 is 2.56 bits per heavy atom. The van der Waals surface area contributed by atoms with Crippen LogP contribution in [0.1, 0.15) is 65.7 Å². The predicted octanol–water partition coefficient (Wildman–Crippen LogP) is 3.50. The SMILES string of the molecule is CCCCCCCC(=O)NN=CCC(C)C. The summed E-state index contributed by atoms with van der Waals surface area (Å²) in [5.41, 5.74) is 2.56. The second-order valence-corrected chi connectivity index (χ2v) is 4.64. The zero-order chi connectivity index (χ0) is 12.2. The third-order valence-electron chi connectivity index (χ3n) is 2.36. The van der Waals surface area contributed by atoms with Crippen LogP contribution in [0.4, 0.5) is 0 Å². The number of carbonyl (C=O) groups is 1. The highest BCUT2D eigenvalue weighted by molar-refractivity contribution is 5.76. The van der Waals surface area contributed by atoms with Gasteiger partial charge in [0, 0.05) is 12.6 Å². The van der Waals surface area contributed by atoms with E-state index in [2.05, 4.69) is 31.3 Å². The molecule has 0 aromatic heterocycles. The fourth-order valence-corrected chi connectivity index (χ4v) is 1.33. The molecule has 0 aromatic rings. The van der Waals surface area contributed by atoms with Crippen molar-refractivity contribution in [3.8, 4) is 0 Å². The summed E-state index contributed by atoms with van der Waals surface area (Å²) in [7, 11) is 0. The van der Waals surface area contributed by atoms with Crippen LogP contribution in [0.15, 0.2) is 5.10 Å². The molecule has 0 atom stereocenters. The quantitative estimate of drug-likeness (QED) is 0.365. The molecule has 0 rings (SSSR count). The first-order chi connectivity index (χ1) is 7.66. The molecule has 3 heteroatoms. The van der Waals surface area contributed by atoms with Crippen molar-refractivity contribution in [1.29, 1.82) is 0 Å². The van der Waals surface area contributed by atoms with Crippen LogP contribution >= 0.6 is 0 Å². The van der Waals surface area contributed by atoms with E-state index in [1.54, 1.807) is 6.21 Å². The molecule has 0 unspecified atom stereocenters. The molecule has 16 heavy (non-hydrogen) atoms. The van der Waals surface area contributed by atoms with Gasteiger partial charge in [0.05, 0.1) is 0 Å². The van der Waals surface area contributed by atoms with Crippen molar-refractivity contribution in [3.63, 3.8) is 0 Å². The lowest BCUT2D eigenvalue weighted by Gasteiger charge is -2.00. The van der Waals surface area contributed by atoms with E-state index in [0.29, 0.717) is 12.3 Å². The minimum Gasteiger partial charge on any atom is -0.273 e. The lowest BCUT2D eigenvalue weighted by atomic mass is 10.1. The van der Waals surface area contributed by atoms with Crippen LogP contribution in [0, 0.1) is 5.92 Å². The molecular weight excluding hydrogens is 200 g/mol. The molecule has 0 bridgehead atoms. The summed E-state index contributed by atoms with van der Waals surface area (Å²) in [4.78, 5) is 11.3. The summed E-state index contributed by atoms with van der Waals surface area (Å²) in [5.74, 6) is 0.631. The van der Waals surface area contributed by atoms with E-state index in [1.165, 1.54) is 19.3 Å². The van der Waals surface area contributed by atoms with Crippen molar-refractivity contribution < 1.29 is 4.79 Å². The van der Waals surface area contributed by atoms with Crippen LogP contribution in [0.5, 0.6) is 0 Å². The number of unbranched alkanes of at least 4 members (excludes halogenated alkanes) is 4. The van der Waals surface area contributed by atoms with Gasteiger partial charge in [-0.2, -0.15) is 5.10 Å². The topological polar surface area (TPSA) is 41.5 Å². The highest BCUT2D eigenvalue weighted by atomic mass is 16.2. The van der Waals surface area contributed by atoms with Crippen LogP contribution in [0.25, 0.3) is 0 Å². The zero-order valence-electron chi connectivity index (χ0n) is 11.0. The van der Waals surface area contributed by atoms with Crippen molar-refractivity contribution in [2.24, 2.45) is 11.0 Å². The highest BCUT2D eigenvalue weighted by Gasteiger charge is 1.98. The van der Waals surface area contributed by atoms with E-state index < -0.39 is 0 Å². The van der Waals surface area contributed by atoms with Gasteiger partial charge in [-0.3, -0.25) is 4.79 Å². The fraction of sp³-hybridized carbons (Fsp3) is 0.846. The molecule has 0 radical (unpaired) electrons. The largest absolute Gasteiger partial charge is 0.273 e. The maximum Gasteiger partial charge on any atom is 0.240 e. The number of hydrazone groups is 1. The molecule has 0 saturated heterocycles. The summed E-state index contributed by atoms with van der Waals surface area (Å²) in [6.45, 7) is 6.44. The van der Waals surface area contributed by atoms with Gasteiger partial charge in [-0.05, 0) is 18.8 Å². The van der Waals surface area contributed by atoms with Gasteiger partial charge in [0.1, 0.15) is 0 Å². The molecule has 0 aliphatic heterocycles. The van der Waals surface area contributed by atoms with Crippen molar-refractivity contribution in [3.05, 3.63) is 0 Å². The number of carbonyl (C=O) groups excluding carboxylic acids is 1. The van der Waals surface area contributed by atoms with E-state index in [9.17, 15) is 4.79 Å². The summed E-state index contributed by atoms with van der Waals surface area (Å²) in [6, 6.07) is 0. The van der Waals surface area contributed by atoms with Gasteiger partial charge in [0.25, 0.3) is 0 Å². The molecule has 1 amide bonds. The molecule has 94 valence electrons. The normalized spacial score (nSPS) is 11.2. The number of nitrogens with zero attached hydrogens (tertiary/aromatic N) is 1. The molecule has 0 spiro atoms. The van der Waals surface area contributed by atoms with Crippen LogP contribution < -0.4 is 5.43 Å². The molecule has 1 N–H and O–H groups in total. The third-order valence-corrected chi connectivity index (χ3v) is 2.36. The number of amides is 1. The number of hydrogen-bond acceptors (Lipinski definition) is 2. The Bertz CT molecular complexity index is 200. The molecule has 3 nitrogen and oxygen atoms in total. The maximum absolute atomic E-state index is 11.3. The first-order valence-electron chi connectivity index (χ1n) is 6.47. The Kier molecular flexibility index (Phi) is 10.1. The van der Waals surface area contributed by atoms with Crippen LogP contribution in [0.2, 0.25) is 0 Å². The van der Waals surface area contributed by atoms with Crippen molar-refractivity contribution in [2.45, 2.75) is 65.7 Å². The number of nitrogens with one attached hydrogen (secondary N) is 1. The molecule has 0 aliphatic carbocycles. The minimum atomic E-state index is 0.0384. The average Bonchev–Trinajstić information content (AvgIpc) is 2.24. The van der Waals surface area contributed by atoms with Crippen LogP contribution in [-0.2, 0) is 4.79 Å². The Morgan fingerprint density at radius 2 is 1.94 bits per heavy atom. The molecule has 0 saturated carbocycles.